The lowest BCUT2D eigenvalue weighted by Crippen LogP contribution is -2.25. The number of halogens is 2. The molecule has 3 aromatic carbocycles. The van der Waals surface area contributed by atoms with Gasteiger partial charge in [0.2, 0.25) is 10.0 Å². The normalized spacial score (nSPS) is 12.6. The number of hydrogen-bond acceptors (Lipinski definition) is 7. The Morgan fingerprint density at radius 3 is 2.57 bits per heavy atom. The Hall–Kier alpha value is -5.07. The van der Waals surface area contributed by atoms with Gasteiger partial charge in [-0.3, -0.25) is 9.10 Å². The highest BCUT2D eigenvalue weighted by atomic mass is 32.2. The highest BCUT2D eigenvalue weighted by molar-refractivity contribution is 7.92. The van der Waals surface area contributed by atoms with Gasteiger partial charge in [-0.2, -0.15) is 0 Å². The molecule has 0 aliphatic carbocycles. The van der Waals surface area contributed by atoms with Crippen molar-refractivity contribution in [3.8, 4) is 39.7 Å². The van der Waals surface area contributed by atoms with Crippen LogP contribution in [0.3, 0.4) is 0 Å². The van der Waals surface area contributed by atoms with Crippen molar-refractivity contribution >= 4 is 43.4 Å². The minimum atomic E-state index is -3.77. The molecule has 9 nitrogen and oxygen atoms in total. The van der Waals surface area contributed by atoms with E-state index in [1.165, 1.54) is 43.4 Å². The summed E-state index contributed by atoms with van der Waals surface area (Å²) in [5, 5.41) is 10.2. The Labute approximate surface area is 262 Å². The number of carbonyl (C=O) groups excluding carboxylic acids is 1. The summed E-state index contributed by atoms with van der Waals surface area (Å²) in [6.07, 6.45) is 1.31. The lowest BCUT2D eigenvalue weighted by Gasteiger charge is -2.23. The summed E-state index contributed by atoms with van der Waals surface area (Å²) >= 11 is 0. The SMILES string of the molecule is CN(c1cc2oc(-c3ccc(F)cc3)c(C(=O)CCCO)c2cc1-c1ccc2c(n1)-c1cc3c(F)cccc3n1CO2)S(C)(=O)=O. The molecule has 12 heteroatoms. The third-order valence-corrected chi connectivity index (χ3v) is 9.40. The van der Waals surface area contributed by atoms with Crippen LogP contribution >= 0.6 is 0 Å². The molecule has 6 aromatic rings. The Balaban J connectivity index is 1.48. The number of aliphatic hydroxyl groups excluding tert-OH is 1. The van der Waals surface area contributed by atoms with E-state index in [4.69, 9.17) is 14.1 Å². The van der Waals surface area contributed by atoms with E-state index in [0.29, 0.717) is 50.2 Å². The van der Waals surface area contributed by atoms with Gasteiger partial charge < -0.3 is 18.8 Å². The van der Waals surface area contributed by atoms with Crippen LogP contribution in [0.5, 0.6) is 5.75 Å². The molecule has 1 aliphatic heterocycles. The van der Waals surface area contributed by atoms with Gasteiger partial charge in [0.05, 0.1) is 34.4 Å². The standard InChI is InChI=1S/C34H27F2N3O6S/c1-38(46(2,42)43)27-17-31-23(32(29(41)7-4-14-40)34(45-31)19-8-10-20(35)11-9-19)15-22(27)25-12-13-30-33(37-25)28-16-21-24(36)5-3-6-26(21)39(28)18-44-30/h3,5-6,8-13,15-17,40H,4,7,14,18H2,1-2H3. The number of hydrogen-bond donors (Lipinski definition) is 1. The van der Waals surface area contributed by atoms with Crippen LogP contribution in [-0.4, -0.2) is 48.8 Å². The van der Waals surface area contributed by atoms with Crippen LogP contribution in [0.25, 0.3) is 55.8 Å². The zero-order valence-electron chi connectivity index (χ0n) is 24.8. The summed E-state index contributed by atoms with van der Waals surface area (Å²) in [5.74, 6) is -0.478. The molecule has 0 saturated heterocycles. The number of anilines is 1. The van der Waals surface area contributed by atoms with Crippen molar-refractivity contribution in [2.24, 2.45) is 0 Å². The van der Waals surface area contributed by atoms with Crippen LogP contribution in [0.2, 0.25) is 0 Å². The van der Waals surface area contributed by atoms with Crippen LogP contribution in [0.1, 0.15) is 23.2 Å². The fraction of sp³-hybridized carbons (Fsp3) is 0.176. The topological polar surface area (TPSA) is 115 Å². The Morgan fingerprint density at radius 1 is 1.04 bits per heavy atom. The molecule has 1 aliphatic rings. The number of aromatic nitrogens is 2. The van der Waals surface area contributed by atoms with Crippen LogP contribution in [-0.2, 0) is 16.8 Å². The lowest BCUT2D eigenvalue weighted by atomic mass is 9.97. The summed E-state index contributed by atoms with van der Waals surface area (Å²) < 4.78 is 69.2. The summed E-state index contributed by atoms with van der Waals surface area (Å²) in [6.45, 7) is -0.0332. The predicted octanol–water partition coefficient (Wildman–Crippen LogP) is 6.76. The van der Waals surface area contributed by atoms with Gasteiger partial charge in [-0.05, 0) is 67.1 Å². The van der Waals surface area contributed by atoms with Crippen molar-refractivity contribution in [2.45, 2.75) is 19.6 Å². The average Bonchev–Trinajstić information content (AvgIpc) is 3.62. The molecule has 4 heterocycles. The minimum absolute atomic E-state index is 0.0230. The predicted molar refractivity (Wildman–Crippen MR) is 170 cm³/mol. The van der Waals surface area contributed by atoms with Gasteiger partial charge in [0, 0.05) is 48.0 Å². The molecule has 0 radical (unpaired) electrons. The highest BCUT2D eigenvalue weighted by Crippen LogP contribution is 2.44. The molecule has 0 amide bonds. The molecular weight excluding hydrogens is 616 g/mol. The maximum Gasteiger partial charge on any atom is 0.232 e. The molecule has 234 valence electrons. The van der Waals surface area contributed by atoms with Crippen molar-refractivity contribution in [1.82, 2.24) is 9.55 Å². The Morgan fingerprint density at radius 2 is 1.83 bits per heavy atom. The second kappa shape index (κ2) is 11.1. The van der Waals surface area contributed by atoms with Crippen molar-refractivity contribution in [3.05, 3.63) is 90.0 Å². The molecule has 0 fully saturated rings. The van der Waals surface area contributed by atoms with E-state index in [2.05, 4.69) is 0 Å². The highest BCUT2D eigenvalue weighted by Gasteiger charge is 2.28. The summed E-state index contributed by atoms with van der Waals surface area (Å²) in [6, 6.07) is 18.6. The zero-order chi connectivity index (χ0) is 32.3. The van der Waals surface area contributed by atoms with Gasteiger partial charge in [-0.25, -0.2) is 22.2 Å². The van der Waals surface area contributed by atoms with Gasteiger partial charge >= 0.3 is 0 Å². The molecule has 0 bridgehead atoms. The fourth-order valence-corrected chi connectivity index (χ4v) is 6.34. The van der Waals surface area contributed by atoms with E-state index in [-0.39, 0.29) is 60.4 Å². The van der Waals surface area contributed by atoms with Gasteiger partial charge in [0.15, 0.2) is 12.5 Å². The number of rotatable bonds is 8. The molecule has 3 aromatic heterocycles. The van der Waals surface area contributed by atoms with Crippen LogP contribution in [0.15, 0.2) is 77.2 Å². The molecular formula is C34H27F2N3O6S. The molecule has 46 heavy (non-hydrogen) atoms. The number of nitrogens with zero attached hydrogens (tertiary/aromatic N) is 3. The molecule has 0 atom stereocenters. The van der Waals surface area contributed by atoms with Crippen LogP contribution in [0, 0.1) is 11.6 Å². The van der Waals surface area contributed by atoms with Gasteiger partial charge in [0.25, 0.3) is 0 Å². The van der Waals surface area contributed by atoms with E-state index in [9.17, 15) is 27.1 Å². The van der Waals surface area contributed by atoms with Crippen molar-refractivity contribution in [3.63, 3.8) is 0 Å². The fourth-order valence-electron chi connectivity index (χ4n) is 5.84. The summed E-state index contributed by atoms with van der Waals surface area (Å²) in [4.78, 5) is 18.5. The number of benzene rings is 3. The number of ketones is 1. The van der Waals surface area contributed by atoms with Crippen molar-refractivity contribution in [2.75, 3.05) is 24.2 Å². The number of furan rings is 1. The maximum atomic E-state index is 14.7. The number of Topliss-reactive ketones (excluding diaryl/α,β-unsaturated/α-hetero) is 1. The zero-order valence-corrected chi connectivity index (χ0v) is 25.6. The Kier molecular flexibility index (Phi) is 7.13. The van der Waals surface area contributed by atoms with Crippen molar-refractivity contribution < 1.29 is 36.3 Å². The van der Waals surface area contributed by atoms with Crippen molar-refractivity contribution in [1.29, 1.82) is 0 Å². The second-order valence-electron chi connectivity index (χ2n) is 11.1. The first-order chi connectivity index (χ1) is 22.0. The van der Waals surface area contributed by atoms with Crippen LogP contribution in [0.4, 0.5) is 14.5 Å². The van der Waals surface area contributed by atoms with E-state index in [1.807, 2.05) is 4.57 Å². The minimum Gasteiger partial charge on any atom is -0.470 e. The first-order valence-corrected chi connectivity index (χ1v) is 16.3. The molecule has 0 saturated carbocycles. The summed E-state index contributed by atoms with van der Waals surface area (Å²) in [7, 11) is -2.37. The van der Waals surface area contributed by atoms with Gasteiger partial charge in [-0.1, -0.05) is 6.07 Å². The summed E-state index contributed by atoms with van der Waals surface area (Å²) in [5.41, 5.74) is 3.60. The van der Waals surface area contributed by atoms with E-state index in [0.717, 1.165) is 10.6 Å². The quantitative estimate of drug-likeness (QED) is 0.182. The number of carbonyl (C=O) groups is 1. The first kappa shape index (κ1) is 29.6. The van der Waals surface area contributed by atoms with Gasteiger partial charge in [0.1, 0.15) is 34.4 Å². The number of ether oxygens (including phenoxy) is 1. The van der Waals surface area contributed by atoms with E-state index < -0.39 is 15.8 Å². The lowest BCUT2D eigenvalue weighted by molar-refractivity contribution is 0.0973. The van der Waals surface area contributed by atoms with E-state index in [1.54, 1.807) is 36.4 Å². The average molecular weight is 644 g/mol. The molecule has 1 N–H and O–H groups in total. The monoisotopic (exact) mass is 643 g/mol. The second-order valence-corrected chi connectivity index (χ2v) is 13.1. The molecule has 0 unspecified atom stereocenters. The van der Waals surface area contributed by atoms with Gasteiger partial charge in [-0.15, -0.1) is 0 Å². The number of aliphatic hydroxyl groups is 1. The smallest absolute Gasteiger partial charge is 0.232 e. The Bertz CT molecular complexity index is 2290. The third-order valence-electron chi connectivity index (χ3n) is 8.21. The maximum absolute atomic E-state index is 14.7. The number of sulfonamides is 1. The largest absolute Gasteiger partial charge is 0.470 e. The van der Waals surface area contributed by atoms with E-state index >= 15 is 0 Å². The number of pyridine rings is 1. The van der Waals surface area contributed by atoms with Crippen LogP contribution < -0.4 is 9.04 Å². The molecule has 7 rings (SSSR count). The first-order valence-electron chi connectivity index (χ1n) is 14.4. The third kappa shape index (κ3) is 4.90. The molecule has 0 spiro atoms. The number of fused-ring (bicyclic) bond motifs is 6.